The van der Waals surface area contributed by atoms with Crippen LogP contribution in [0, 0.1) is 0 Å². The molecule has 0 aliphatic heterocycles. The van der Waals surface area contributed by atoms with E-state index in [-0.39, 0.29) is 16.5 Å². The van der Waals surface area contributed by atoms with E-state index in [1.807, 2.05) is 0 Å². The highest BCUT2D eigenvalue weighted by Gasteiger charge is 2.16. The van der Waals surface area contributed by atoms with Crippen LogP contribution in [0.25, 0.3) is 0 Å². The molecule has 2 aromatic rings. The lowest BCUT2D eigenvalue weighted by Crippen LogP contribution is -2.24. The molecule has 0 fully saturated rings. The van der Waals surface area contributed by atoms with E-state index >= 15 is 0 Å². The first-order valence-electron chi connectivity index (χ1n) is 5.84. The second kappa shape index (κ2) is 5.68. The number of carbonyl (C=O) groups excluding carboxylic acids is 1. The minimum atomic E-state index is -0.407. The number of carbonyl (C=O) groups is 1. The van der Waals surface area contributed by atoms with Gasteiger partial charge in [0.05, 0.1) is 5.02 Å². The number of amides is 1. The SMILES string of the molecule is CCn1nc(NC(=O)c2cc(Cl)c(Cl)n2C)ccc1=O. The van der Waals surface area contributed by atoms with Gasteiger partial charge in [0, 0.05) is 19.7 Å². The molecule has 0 saturated heterocycles. The summed E-state index contributed by atoms with van der Waals surface area (Å²) in [5, 5.41) is 7.18. The normalized spacial score (nSPS) is 10.6. The third kappa shape index (κ3) is 2.71. The fourth-order valence-corrected chi connectivity index (χ4v) is 2.06. The van der Waals surface area contributed by atoms with Crippen molar-refractivity contribution in [3.8, 4) is 0 Å². The lowest BCUT2D eigenvalue weighted by Gasteiger charge is -2.07. The number of hydrogen-bond donors (Lipinski definition) is 1. The number of rotatable bonds is 3. The van der Waals surface area contributed by atoms with Gasteiger partial charge < -0.3 is 9.88 Å². The van der Waals surface area contributed by atoms with Crippen LogP contribution in [0.3, 0.4) is 0 Å². The summed E-state index contributed by atoms with van der Waals surface area (Å²) < 4.78 is 2.72. The van der Waals surface area contributed by atoms with Crippen molar-refractivity contribution in [3.63, 3.8) is 0 Å². The van der Waals surface area contributed by atoms with Crippen LogP contribution in [0.15, 0.2) is 23.0 Å². The van der Waals surface area contributed by atoms with Crippen LogP contribution < -0.4 is 10.9 Å². The van der Waals surface area contributed by atoms with Gasteiger partial charge in [-0.3, -0.25) is 9.59 Å². The van der Waals surface area contributed by atoms with Crippen molar-refractivity contribution in [2.75, 3.05) is 5.32 Å². The van der Waals surface area contributed by atoms with E-state index in [9.17, 15) is 9.59 Å². The van der Waals surface area contributed by atoms with Crippen molar-refractivity contribution >= 4 is 34.9 Å². The van der Waals surface area contributed by atoms with E-state index in [4.69, 9.17) is 23.2 Å². The Hall–Kier alpha value is -1.79. The number of halogens is 2. The molecule has 0 spiro atoms. The van der Waals surface area contributed by atoms with Gasteiger partial charge in [0.2, 0.25) is 0 Å². The van der Waals surface area contributed by atoms with Gasteiger partial charge in [-0.25, -0.2) is 4.68 Å². The zero-order valence-corrected chi connectivity index (χ0v) is 12.4. The third-order valence-corrected chi connectivity index (χ3v) is 3.60. The summed E-state index contributed by atoms with van der Waals surface area (Å²) in [7, 11) is 1.63. The van der Waals surface area contributed by atoms with Crippen molar-refractivity contribution in [3.05, 3.63) is 44.4 Å². The molecule has 2 rings (SSSR count). The molecular weight excluding hydrogens is 303 g/mol. The van der Waals surface area contributed by atoms with Gasteiger partial charge in [-0.1, -0.05) is 23.2 Å². The lowest BCUT2D eigenvalue weighted by atomic mass is 10.4. The van der Waals surface area contributed by atoms with Crippen molar-refractivity contribution in [2.45, 2.75) is 13.5 Å². The highest BCUT2D eigenvalue weighted by Crippen LogP contribution is 2.25. The summed E-state index contributed by atoms with van der Waals surface area (Å²) in [6, 6.07) is 4.25. The summed E-state index contributed by atoms with van der Waals surface area (Å²) in [4.78, 5) is 23.5. The van der Waals surface area contributed by atoms with Crippen molar-refractivity contribution in [1.82, 2.24) is 14.3 Å². The van der Waals surface area contributed by atoms with E-state index in [0.29, 0.717) is 17.3 Å². The van der Waals surface area contributed by atoms with E-state index < -0.39 is 5.91 Å². The van der Waals surface area contributed by atoms with Gasteiger partial charge in [-0.2, -0.15) is 5.10 Å². The first-order chi connectivity index (χ1) is 9.43. The molecule has 0 atom stereocenters. The van der Waals surface area contributed by atoms with Crippen molar-refractivity contribution in [1.29, 1.82) is 0 Å². The van der Waals surface area contributed by atoms with E-state index in [1.54, 1.807) is 14.0 Å². The van der Waals surface area contributed by atoms with Gasteiger partial charge in [-0.15, -0.1) is 0 Å². The highest BCUT2D eigenvalue weighted by molar-refractivity contribution is 6.42. The number of hydrogen-bond acceptors (Lipinski definition) is 3. The fourth-order valence-electron chi connectivity index (χ4n) is 1.68. The summed E-state index contributed by atoms with van der Waals surface area (Å²) in [5.74, 6) is -0.125. The Labute approximate surface area is 124 Å². The standard InChI is InChI=1S/C12H12Cl2N4O2/c1-3-18-10(19)5-4-9(16-18)15-12(20)8-6-7(13)11(14)17(8)2/h4-6H,3H2,1-2H3,(H,15,16,20). The molecule has 1 amide bonds. The molecule has 0 aliphatic carbocycles. The monoisotopic (exact) mass is 314 g/mol. The first kappa shape index (κ1) is 14.6. The Bertz CT molecular complexity index is 721. The average molecular weight is 315 g/mol. The summed E-state index contributed by atoms with van der Waals surface area (Å²) >= 11 is 11.8. The van der Waals surface area contributed by atoms with Gasteiger partial charge in [0.15, 0.2) is 5.82 Å². The first-order valence-corrected chi connectivity index (χ1v) is 6.60. The molecule has 20 heavy (non-hydrogen) atoms. The molecule has 2 heterocycles. The predicted molar refractivity (Wildman–Crippen MR) is 77.6 cm³/mol. The Morgan fingerprint density at radius 3 is 2.65 bits per heavy atom. The second-order valence-corrected chi connectivity index (χ2v) is 4.82. The maximum Gasteiger partial charge on any atom is 0.273 e. The lowest BCUT2D eigenvalue weighted by molar-refractivity contribution is 0.101. The van der Waals surface area contributed by atoms with E-state index in [1.165, 1.54) is 27.4 Å². The summed E-state index contributed by atoms with van der Waals surface area (Å²) in [5.41, 5.74) is 0.0755. The maximum absolute atomic E-state index is 12.1. The second-order valence-electron chi connectivity index (χ2n) is 4.05. The molecule has 106 valence electrons. The number of nitrogens with one attached hydrogen (secondary N) is 1. The topological polar surface area (TPSA) is 68.9 Å². The van der Waals surface area contributed by atoms with Crippen LogP contribution in [0.2, 0.25) is 10.2 Å². The number of anilines is 1. The highest BCUT2D eigenvalue weighted by atomic mass is 35.5. The molecular formula is C12H12Cl2N4O2. The Kier molecular flexibility index (Phi) is 4.15. The average Bonchev–Trinajstić information content (AvgIpc) is 2.68. The predicted octanol–water partition coefficient (Wildman–Crippen LogP) is 2.16. The van der Waals surface area contributed by atoms with Crippen LogP contribution >= 0.6 is 23.2 Å². The molecule has 0 bridgehead atoms. The smallest absolute Gasteiger partial charge is 0.273 e. The van der Waals surface area contributed by atoms with Crippen molar-refractivity contribution < 1.29 is 4.79 Å². The van der Waals surface area contributed by atoms with Crippen LogP contribution in [-0.4, -0.2) is 20.3 Å². The number of nitrogens with zero attached hydrogens (tertiary/aromatic N) is 3. The number of aryl methyl sites for hydroxylation is 1. The Balaban J connectivity index is 2.28. The maximum atomic E-state index is 12.1. The Morgan fingerprint density at radius 2 is 2.10 bits per heavy atom. The Morgan fingerprint density at radius 1 is 1.40 bits per heavy atom. The molecule has 1 N–H and O–H groups in total. The van der Waals surface area contributed by atoms with Crippen LogP contribution in [0.5, 0.6) is 0 Å². The van der Waals surface area contributed by atoms with Crippen LogP contribution in [-0.2, 0) is 13.6 Å². The summed E-state index contributed by atoms with van der Waals surface area (Å²) in [6.07, 6.45) is 0. The summed E-state index contributed by atoms with van der Waals surface area (Å²) in [6.45, 7) is 2.21. The minimum absolute atomic E-state index is 0.226. The molecule has 0 unspecified atom stereocenters. The molecule has 8 heteroatoms. The van der Waals surface area contributed by atoms with Gasteiger partial charge in [0.25, 0.3) is 11.5 Å². The zero-order valence-electron chi connectivity index (χ0n) is 10.9. The van der Waals surface area contributed by atoms with Crippen molar-refractivity contribution in [2.24, 2.45) is 7.05 Å². The van der Waals surface area contributed by atoms with Crippen LogP contribution in [0.1, 0.15) is 17.4 Å². The molecule has 0 aromatic carbocycles. The van der Waals surface area contributed by atoms with Gasteiger partial charge in [-0.05, 0) is 19.1 Å². The number of aromatic nitrogens is 3. The molecule has 0 saturated carbocycles. The molecule has 0 aliphatic rings. The minimum Gasteiger partial charge on any atom is -0.329 e. The molecule has 6 nitrogen and oxygen atoms in total. The van der Waals surface area contributed by atoms with Gasteiger partial charge in [0.1, 0.15) is 10.8 Å². The van der Waals surface area contributed by atoms with E-state index in [2.05, 4.69) is 10.4 Å². The molecule has 2 aromatic heterocycles. The third-order valence-electron chi connectivity index (χ3n) is 2.76. The van der Waals surface area contributed by atoms with E-state index in [0.717, 1.165) is 0 Å². The fraction of sp³-hybridized carbons (Fsp3) is 0.250. The quantitative estimate of drug-likeness (QED) is 0.944. The largest absolute Gasteiger partial charge is 0.329 e. The molecule has 0 radical (unpaired) electrons. The van der Waals surface area contributed by atoms with Gasteiger partial charge >= 0.3 is 0 Å². The zero-order chi connectivity index (χ0) is 14.9. The van der Waals surface area contributed by atoms with Crippen LogP contribution in [0.4, 0.5) is 5.82 Å².